The first-order chi connectivity index (χ1) is 8.71. The van der Waals surface area contributed by atoms with E-state index < -0.39 is 0 Å². The second kappa shape index (κ2) is 5.12. The Hall–Kier alpha value is -1.97. The summed E-state index contributed by atoms with van der Waals surface area (Å²) >= 11 is 0. The number of hydrogen-bond acceptors (Lipinski definition) is 4. The second-order valence-corrected chi connectivity index (χ2v) is 4.21. The van der Waals surface area contributed by atoms with Crippen LogP contribution in [0, 0.1) is 0 Å². The molecule has 96 valence electrons. The highest BCUT2D eigenvalue weighted by atomic mass is 15.1. The van der Waals surface area contributed by atoms with Gasteiger partial charge in [-0.25, -0.2) is 0 Å². The number of nitrogens with one attached hydrogen (secondary N) is 1. The third-order valence-electron chi connectivity index (χ3n) is 3.26. The molecule has 0 bridgehead atoms. The lowest BCUT2D eigenvalue weighted by Crippen LogP contribution is -2.21. The molecule has 0 atom stereocenters. The third kappa shape index (κ3) is 2.06. The van der Waals surface area contributed by atoms with E-state index >= 15 is 0 Å². The van der Waals surface area contributed by atoms with Gasteiger partial charge in [0.15, 0.2) is 0 Å². The van der Waals surface area contributed by atoms with Crippen molar-refractivity contribution in [3.8, 4) is 0 Å². The lowest BCUT2D eigenvalue weighted by Gasteiger charge is -2.21. The number of pyridine rings is 1. The first-order valence-electron chi connectivity index (χ1n) is 6.32. The maximum Gasteiger partial charge on any atom is 0.0742 e. The van der Waals surface area contributed by atoms with E-state index in [0.717, 1.165) is 29.7 Å². The maximum absolute atomic E-state index is 5.95. The summed E-state index contributed by atoms with van der Waals surface area (Å²) in [6.07, 6.45) is 1.70. The van der Waals surface area contributed by atoms with Gasteiger partial charge in [-0.1, -0.05) is 0 Å². The van der Waals surface area contributed by atoms with Crippen molar-refractivity contribution in [3.63, 3.8) is 0 Å². The molecule has 2 rings (SSSR count). The summed E-state index contributed by atoms with van der Waals surface area (Å²) in [7, 11) is 1.88. The average Bonchev–Trinajstić information content (AvgIpc) is 2.40. The molecule has 0 fully saturated rings. The Morgan fingerprint density at radius 1 is 1.28 bits per heavy atom. The molecule has 0 amide bonds. The molecule has 4 nitrogen and oxygen atoms in total. The Labute approximate surface area is 108 Å². The summed E-state index contributed by atoms with van der Waals surface area (Å²) < 4.78 is 0. The van der Waals surface area contributed by atoms with E-state index in [1.54, 1.807) is 6.20 Å². The molecule has 0 unspecified atom stereocenters. The minimum absolute atomic E-state index is 0.682. The van der Waals surface area contributed by atoms with Crippen LogP contribution in [0.25, 0.3) is 10.9 Å². The molecule has 0 radical (unpaired) electrons. The summed E-state index contributed by atoms with van der Waals surface area (Å²) in [6, 6.07) is 6.30. The fourth-order valence-electron chi connectivity index (χ4n) is 2.26. The lowest BCUT2D eigenvalue weighted by atomic mass is 10.1. The number of hydrogen-bond donors (Lipinski definition) is 2. The molecule has 18 heavy (non-hydrogen) atoms. The minimum atomic E-state index is 0.682. The molecule has 0 saturated heterocycles. The van der Waals surface area contributed by atoms with Crippen molar-refractivity contribution < 1.29 is 0 Å². The van der Waals surface area contributed by atoms with E-state index in [1.807, 2.05) is 13.1 Å². The number of rotatable bonds is 4. The molecule has 4 heteroatoms. The predicted octanol–water partition coefficient (Wildman–Crippen LogP) is 2.70. The summed E-state index contributed by atoms with van der Waals surface area (Å²) in [6.45, 7) is 6.30. The van der Waals surface area contributed by atoms with Crippen molar-refractivity contribution >= 4 is 28.0 Å². The van der Waals surface area contributed by atoms with Gasteiger partial charge in [0, 0.05) is 31.2 Å². The van der Waals surface area contributed by atoms with Crippen LogP contribution in [0.2, 0.25) is 0 Å². The van der Waals surface area contributed by atoms with Crippen molar-refractivity contribution in [3.05, 3.63) is 24.4 Å². The monoisotopic (exact) mass is 244 g/mol. The van der Waals surface area contributed by atoms with Gasteiger partial charge in [0.1, 0.15) is 0 Å². The van der Waals surface area contributed by atoms with Crippen molar-refractivity contribution in [2.45, 2.75) is 13.8 Å². The zero-order chi connectivity index (χ0) is 13.1. The summed E-state index contributed by atoms with van der Waals surface area (Å²) in [5.41, 5.74) is 9.75. The van der Waals surface area contributed by atoms with E-state index in [9.17, 15) is 0 Å². The molecule has 1 heterocycles. The van der Waals surface area contributed by atoms with Crippen LogP contribution in [0.15, 0.2) is 24.4 Å². The molecular formula is C14H20N4. The van der Waals surface area contributed by atoms with Crippen LogP contribution in [-0.2, 0) is 0 Å². The van der Waals surface area contributed by atoms with Crippen molar-refractivity contribution in [1.82, 2.24) is 4.98 Å². The Bertz CT molecular complexity index is 547. The van der Waals surface area contributed by atoms with Crippen LogP contribution in [0.1, 0.15) is 13.8 Å². The minimum Gasteiger partial charge on any atom is -0.396 e. The van der Waals surface area contributed by atoms with Gasteiger partial charge >= 0.3 is 0 Å². The molecule has 0 aliphatic carbocycles. The fourth-order valence-corrected chi connectivity index (χ4v) is 2.26. The number of benzene rings is 1. The second-order valence-electron chi connectivity index (χ2n) is 4.21. The van der Waals surface area contributed by atoms with Crippen LogP contribution in [-0.4, -0.2) is 25.1 Å². The van der Waals surface area contributed by atoms with Gasteiger partial charge in [-0.15, -0.1) is 0 Å². The number of nitrogen functional groups attached to an aromatic ring is 1. The van der Waals surface area contributed by atoms with Gasteiger partial charge in [0.25, 0.3) is 0 Å². The predicted molar refractivity (Wildman–Crippen MR) is 79.3 cm³/mol. The summed E-state index contributed by atoms with van der Waals surface area (Å²) in [4.78, 5) is 6.67. The average molecular weight is 244 g/mol. The van der Waals surface area contributed by atoms with Crippen molar-refractivity contribution in [1.29, 1.82) is 0 Å². The highest BCUT2D eigenvalue weighted by Crippen LogP contribution is 2.30. The topological polar surface area (TPSA) is 54.2 Å². The van der Waals surface area contributed by atoms with Crippen molar-refractivity contribution in [2.24, 2.45) is 0 Å². The first-order valence-corrected chi connectivity index (χ1v) is 6.32. The van der Waals surface area contributed by atoms with Crippen LogP contribution < -0.4 is 16.0 Å². The molecule has 1 aromatic carbocycles. The van der Waals surface area contributed by atoms with Gasteiger partial charge in [-0.2, -0.15) is 0 Å². The molecule has 0 saturated carbocycles. The maximum atomic E-state index is 5.95. The van der Waals surface area contributed by atoms with Gasteiger partial charge in [0.05, 0.1) is 23.1 Å². The number of fused-ring (bicyclic) bond motifs is 1. The van der Waals surface area contributed by atoms with E-state index in [1.165, 1.54) is 5.69 Å². The normalized spacial score (nSPS) is 10.6. The smallest absolute Gasteiger partial charge is 0.0742 e. The standard InChI is InChI=1S/C14H20N4/c1-4-18(5-2)10-6-7-13-11(8-10)14(16-3)12(15)9-17-13/h6-9H,4-5,15H2,1-3H3,(H,16,17). The molecule has 0 aliphatic rings. The molecule has 3 N–H and O–H groups in total. The van der Waals surface area contributed by atoms with Gasteiger partial charge in [-0.05, 0) is 32.0 Å². The van der Waals surface area contributed by atoms with Crippen LogP contribution >= 0.6 is 0 Å². The van der Waals surface area contributed by atoms with E-state index in [2.05, 4.69) is 41.2 Å². The van der Waals surface area contributed by atoms with Crippen LogP contribution in [0.5, 0.6) is 0 Å². The molecule has 0 aliphatic heterocycles. The summed E-state index contributed by atoms with van der Waals surface area (Å²) in [5, 5.41) is 4.23. The number of nitrogens with two attached hydrogens (primary N) is 1. The van der Waals surface area contributed by atoms with E-state index in [4.69, 9.17) is 5.73 Å². The molecular weight excluding hydrogens is 224 g/mol. The Morgan fingerprint density at radius 2 is 2.00 bits per heavy atom. The first kappa shape index (κ1) is 12.5. The molecule has 0 spiro atoms. The van der Waals surface area contributed by atoms with Crippen LogP contribution in [0.3, 0.4) is 0 Å². The number of nitrogens with zero attached hydrogens (tertiary/aromatic N) is 2. The van der Waals surface area contributed by atoms with Crippen LogP contribution in [0.4, 0.5) is 17.1 Å². The van der Waals surface area contributed by atoms with Crippen molar-refractivity contribution in [2.75, 3.05) is 36.1 Å². The highest BCUT2D eigenvalue weighted by Gasteiger charge is 2.08. The third-order valence-corrected chi connectivity index (χ3v) is 3.26. The van der Waals surface area contributed by atoms with E-state index in [0.29, 0.717) is 5.69 Å². The SMILES string of the molecule is CCN(CC)c1ccc2ncc(N)c(NC)c2c1. The largest absolute Gasteiger partial charge is 0.396 e. The molecule has 2 aromatic rings. The Balaban J connectivity index is 2.61. The quantitative estimate of drug-likeness (QED) is 0.868. The Morgan fingerprint density at radius 3 is 2.61 bits per heavy atom. The Kier molecular flexibility index (Phi) is 3.55. The summed E-state index contributed by atoms with van der Waals surface area (Å²) in [5.74, 6) is 0. The van der Waals surface area contributed by atoms with Gasteiger partial charge in [0.2, 0.25) is 0 Å². The number of aromatic nitrogens is 1. The zero-order valence-corrected chi connectivity index (χ0v) is 11.2. The lowest BCUT2D eigenvalue weighted by molar-refractivity contribution is 0.867. The number of anilines is 3. The van der Waals surface area contributed by atoms with E-state index in [-0.39, 0.29) is 0 Å². The fraction of sp³-hybridized carbons (Fsp3) is 0.357. The van der Waals surface area contributed by atoms with Gasteiger partial charge in [-0.3, -0.25) is 4.98 Å². The zero-order valence-electron chi connectivity index (χ0n) is 11.2. The highest BCUT2D eigenvalue weighted by molar-refractivity contribution is 5.98. The van der Waals surface area contributed by atoms with Gasteiger partial charge < -0.3 is 16.0 Å². The molecule has 1 aromatic heterocycles.